The fraction of sp³-hybridized carbons (Fsp3) is 0.833. The van der Waals surface area contributed by atoms with Gasteiger partial charge in [0.05, 0.1) is 6.54 Å². The monoisotopic (exact) mass is 164 g/mol. The third-order valence-corrected chi connectivity index (χ3v) is 1.92. The second-order valence-corrected chi connectivity index (χ2v) is 2.68. The number of rotatable bonds is 0. The first-order valence-electron chi connectivity index (χ1n) is 3.45. The molecule has 0 aromatic rings. The van der Waals surface area contributed by atoms with E-state index in [9.17, 15) is 4.48 Å². The SMILES string of the molecule is CC.N=C1SCCCN1F. The van der Waals surface area contributed by atoms with Crippen LogP contribution in [0.25, 0.3) is 0 Å². The molecule has 0 aliphatic carbocycles. The van der Waals surface area contributed by atoms with Crippen LogP contribution in [0.1, 0.15) is 20.3 Å². The number of halogens is 1. The Morgan fingerprint density at radius 1 is 1.60 bits per heavy atom. The molecule has 1 aliphatic heterocycles. The average molecular weight is 164 g/mol. The van der Waals surface area contributed by atoms with Gasteiger partial charge in [0.15, 0.2) is 5.17 Å². The van der Waals surface area contributed by atoms with Crippen molar-refractivity contribution in [1.82, 2.24) is 5.12 Å². The molecule has 0 amide bonds. The smallest absolute Gasteiger partial charge is 0.185 e. The zero-order chi connectivity index (χ0) is 7.98. The maximum Gasteiger partial charge on any atom is 0.185 e. The first-order chi connectivity index (χ1) is 4.80. The summed E-state index contributed by atoms with van der Waals surface area (Å²) >= 11 is 1.26. The van der Waals surface area contributed by atoms with Crippen LogP contribution >= 0.6 is 11.8 Å². The quantitative estimate of drug-likeness (QED) is 0.556. The second kappa shape index (κ2) is 5.53. The Kier molecular flexibility index (Phi) is 5.39. The standard InChI is InChI=1S/C4H7FN2S.C2H6/c5-7-2-1-3-8-4(7)6;1-2/h6H,1-3H2;1-2H3. The minimum Gasteiger partial charge on any atom is -0.277 e. The Morgan fingerprint density at radius 3 is 2.50 bits per heavy atom. The highest BCUT2D eigenvalue weighted by atomic mass is 32.2. The summed E-state index contributed by atoms with van der Waals surface area (Å²) < 4.78 is 12.2. The van der Waals surface area contributed by atoms with Crippen LogP contribution in [0, 0.1) is 5.41 Å². The van der Waals surface area contributed by atoms with Gasteiger partial charge in [0, 0.05) is 5.75 Å². The van der Waals surface area contributed by atoms with Crippen LogP contribution in [0.4, 0.5) is 4.48 Å². The van der Waals surface area contributed by atoms with E-state index in [1.54, 1.807) is 0 Å². The number of nitrogens with one attached hydrogen (secondary N) is 1. The maximum atomic E-state index is 12.2. The van der Waals surface area contributed by atoms with E-state index in [4.69, 9.17) is 5.41 Å². The highest BCUT2D eigenvalue weighted by Crippen LogP contribution is 2.15. The molecular formula is C6H13FN2S. The van der Waals surface area contributed by atoms with Crippen LogP contribution < -0.4 is 0 Å². The lowest BCUT2D eigenvalue weighted by molar-refractivity contribution is 0.123. The van der Waals surface area contributed by atoms with Crippen LogP contribution in [0.3, 0.4) is 0 Å². The van der Waals surface area contributed by atoms with Crippen LogP contribution in [0.5, 0.6) is 0 Å². The van der Waals surface area contributed by atoms with E-state index >= 15 is 0 Å². The summed E-state index contributed by atoms with van der Waals surface area (Å²) in [5.41, 5.74) is 0. The van der Waals surface area contributed by atoms with Gasteiger partial charge in [0.2, 0.25) is 0 Å². The normalized spacial score (nSPS) is 17.9. The molecule has 0 bridgehead atoms. The van der Waals surface area contributed by atoms with Gasteiger partial charge in [-0.3, -0.25) is 5.41 Å². The Labute approximate surface area is 65.2 Å². The number of amidine groups is 1. The molecule has 4 heteroatoms. The summed E-state index contributed by atoms with van der Waals surface area (Å²) in [6, 6.07) is 0. The van der Waals surface area contributed by atoms with Crippen molar-refractivity contribution >= 4 is 16.9 Å². The Bertz CT molecular complexity index is 108. The number of thioether (sulfide) groups is 1. The van der Waals surface area contributed by atoms with E-state index in [2.05, 4.69) is 0 Å². The van der Waals surface area contributed by atoms with Gasteiger partial charge in [0.25, 0.3) is 0 Å². The zero-order valence-electron chi connectivity index (χ0n) is 6.35. The third kappa shape index (κ3) is 3.06. The first-order valence-corrected chi connectivity index (χ1v) is 4.44. The van der Waals surface area contributed by atoms with Gasteiger partial charge < -0.3 is 0 Å². The van der Waals surface area contributed by atoms with Crippen LogP contribution in [-0.2, 0) is 0 Å². The Balaban J connectivity index is 0.000000371. The van der Waals surface area contributed by atoms with Crippen molar-refractivity contribution in [2.75, 3.05) is 12.3 Å². The summed E-state index contributed by atoms with van der Waals surface area (Å²) in [4.78, 5) is 0. The average Bonchev–Trinajstić information content (AvgIpc) is 2.00. The summed E-state index contributed by atoms with van der Waals surface area (Å²) in [6.45, 7) is 4.39. The van der Waals surface area contributed by atoms with Crippen molar-refractivity contribution in [1.29, 1.82) is 5.41 Å². The lowest BCUT2D eigenvalue weighted by Crippen LogP contribution is -2.25. The van der Waals surface area contributed by atoms with Crippen molar-refractivity contribution in [3.8, 4) is 0 Å². The molecule has 0 spiro atoms. The topological polar surface area (TPSA) is 27.1 Å². The second-order valence-electron chi connectivity index (χ2n) is 1.59. The maximum absolute atomic E-state index is 12.2. The molecule has 0 radical (unpaired) electrons. The summed E-state index contributed by atoms with van der Waals surface area (Å²) in [7, 11) is 0. The van der Waals surface area contributed by atoms with E-state index in [-0.39, 0.29) is 5.17 Å². The molecule has 0 atom stereocenters. The molecule has 0 saturated carbocycles. The van der Waals surface area contributed by atoms with Crippen LogP contribution in [0.15, 0.2) is 0 Å². The molecule has 2 nitrogen and oxygen atoms in total. The molecule has 1 N–H and O–H groups in total. The molecule has 0 aromatic heterocycles. The highest BCUT2D eigenvalue weighted by molar-refractivity contribution is 8.13. The predicted octanol–water partition coefficient (Wildman–Crippen LogP) is 2.27. The van der Waals surface area contributed by atoms with Crippen molar-refractivity contribution in [3.05, 3.63) is 0 Å². The van der Waals surface area contributed by atoms with Gasteiger partial charge >= 0.3 is 0 Å². The van der Waals surface area contributed by atoms with E-state index < -0.39 is 0 Å². The van der Waals surface area contributed by atoms with Crippen LogP contribution in [-0.4, -0.2) is 22.6 Å². The molecule has 0 unspecified atom stereocenters. The predicted molar refractivity (Wildman–Crippen MR) is 44.0 cm³/mol. The van der Waals surface area contributed by atoms with Crippen LogP contribution in [0.2, 0.25) is 0 Å². The lowest BCUT2D eigenvalue weighted by Gasteiger charge is -2.17. The van der Waals surface area contributed by atoms with Gasteiger partial charge in [-0.1, -0.05) is 30.1 Å². The third-order valence-electron chi connectivity index (χ3n) is 0.958. The van der Waals surface area contributed by atoms with Gasteiger partial charge in [-0.2, -0.15) is 5.12 Å². The van der Waals surface area contributed by atoms with Gasteiger partial charge in [0.1, 0.15) is 0 Å². The summed E-state index contributed by atoms with van der Waals surface area (Å²) in [5.74, 6) is 0.888. The van der Waals surface area contributed by atoms with Gasteiger partial charge in [-0.25, -0.2) is 0 Å². The Hall–Kier alpha value is -0.250. The van der Waals surface area contributed by atoms with E-state index in [0.29, 0.717) is 11.7 Å². The minimum atomic E-state index is 0.0521. The largest absolute Gasteiger partial charge is 0.277 e. The minimum absolute atomic E-state index is 0.0521. The van der Waals surface area contributed by atoms with Gasteiger partial charge in [-0.05, 0) is 6.42 Å². The van der Waals surface area contributed by atoms with E-state index in [1.807, 2.05) is 13.8 Å². The lowest BCUT2D eigenvalue weighted by atomic mass is 10.5. The fourth-order valence-corrected chi connectivity index (χ4v) is 1.24. The van der Waals surface area contributed by atoms with Crippen molar-refractivity contribution in [2.45, 2.75) is 20.3 Å². The molecule has 1 fully saturated rings. The molecule has 1 heterocycles. The molecule has 1 saturated heterocycles. The highest BCUT2D eigenvalue weighted by Gasteiger charge is 2.13. The van der Waals surface area contributed by atoms with Gasteiger partial charge in [-0.15, -0.1) is 0 Å². The number of nitrogens with zero attached hydrogens (tertiary/aromatic N) is 1. The van der Waals surface area contributed by atoms with Crippen molar-refractivity contribution < 1.29 is 4.48 Å². The molecule has 1 aliphatic rings. The molecule has 60 valence electrons. The van der Waals surface area contributed by atoms with E-state index in [0.717, 1.165) is 12.2 Å². The molecular weight excluding hydrogens is 151 g/mol. The van der Waals surface area contributed by atoms with Crippen molar-refractivity contribution in [3.63, 3.8) is 0 Å². The fourth-order valence-electron chi connectivity index (χ4n) is 0.544. The molecule has 0 aromatic carbocycles. The molecule has 10 heavy (non-hydrogen) atoms. The van der Waals surface area contributed by atoms with Crippen molar-refractivity contribution in [2.24, 2.45) is 0 Å². The summed E-state index contributed by atoms with van der Waals surface area (Å²) in [6.07, 6.45) is 0.851. The Morgan fingerprint density at radius 2 is 2.20 bits per heavy atom. The zero-order valence-corrected chi connectivity index (χ0v) is 7.17. The van der Waals surface area contributed by atoms with E-state index in [1.165, 1.54) is 11.8 Å². The first kappa shape index (κ1) is 9.75. The number of hydrogen-bond donors (Lipinski definition) is 1. The molecule has 1 rings (SSSR count). The summed E-state index contributed by atoms with van der Waals surface area (Å²) in [5, 5.41) is 7.44. The number of hydrogen-bond acceptors (Lipinski definition) is 2.